The molecule has 1 unspecified atom stereocenters. The second-order valence-electron chi connectivity index (χ2n) is 6.79. The van der Waals surface area contributed by atoms with E-state index in [2.05, 4.69) is 10.2 Å². The average molecular weight is 332 g/mol. The minimum absolute atomic E-state index is 0.0195. The zero-order chi connectivity index (χ0) is 16.0. The molecule has 1 saturated carbocycles. The Bertz CT molecular complexity index is 753. The molecular formula is C18H21FN2OS. The Balaban J connectivity index is 1.42. The van der Waals surface area contributed by atoms with E-state index in [4.69, 9.17) is 0 Å². The first kappa shape index (κ1) is 15.1. The molecule has 0 radical (unpaired) electrons. The maximum atomic E-state index is 13.4. The summed E-state index contributed by atoms with van der Waals surface area (Å²) >= 11 is 1.45. The summed E-state index contributed by atoms with van der Waals surface area (Å²) in [7, 11) is 0. The van der Waals surface area contributed by atoms with E-state index in [1.54, 1.807) is 6.07 Å². The van der Waals surface area contributed by atoms with E-state index < -0.39 is 0 Å². The van der Waals surface area contributed by atoms with Gasteiger partial charge in [0.05, 0.1) is 4.88 Å². The summed E-state index contributed by atoms with van der Waals surface area (Å²) < 4.78 is 14.4. The summed E-state index contributed by atoms with van der Waals surface area (Å²) in [6.07, 6.45) is 3.86. The fourth-order valence-corrected chi connectivity index (χ4v) is 4.63. The number of benzene rings is 1. The molecule has 2 aromatic rings. The van der Waals surface area contributed by atoms with Crippen molar-refractivity contribution >= 4 is 27.3 Å². The molecule has 1 N–H and O–H groups in total. The smallest absolute Gasteiger partial charge is 0.261 e. The second-order valence-corrected chi connectivity index (χ2v) is 7.84. The van der Waals surface area contributed by atoms with Crippen molar-refractivity contribution in [1.29, 1.82) is 0 Å². The number of aryl methyl sites for hydroxylation is 1. The Labute approximate surface area is 139 Å². The highest BCUT2D eigenvalue weighted by Gasteiger charge is 2.34. The van der Waals surface area contributed by atoms with Crippen LogP contribution in [0.5, 0.6) is 0 Å². The van der Waals surface area contributed by atoms with Crippen molar-refractivity contribution in [3.8, 4) is 0 Å². The van der Waals surface area contributed by atoms with Crippen LogP contribution in [0.2, 0.25) is 0 Å². The predicted molar refractivity (Wildman–Crippen MR) is 91.6 cm³/mol. The van der Waals surface area contributed by atoms with E-state index in [0.717, 1.165) is 34.8 Å². The van der Waals surface area contributed by atoms with Gasteiger partial charge in [-0.25, -0.2) is 4.39 Å². The molecule has 1 aliphatic heterocycles. The number of nitrogens with one attached hydrogen (secondary N) is 1. The summed E-state index contributed by atoms with van der Waals surface area (Å²) in [5, 5.41) is 3.94. The molecular weight excluding hydrogens is 311 g/mol. The number of hydrogen-bond acceptors (Lipinski definition) is 3. The fraction of sp³-hybridized carbons (Fsp3) is 0.500. The van der Waals surface area contributed by atoms with Crippen LogP contribution in [-0.2, 0) is 0 Å². The van der Waals surface area contributed by atoms with Gasteiger partial charge < -0.3 is 10.2 Å². The summed E-state index contributed by atoms with van der Waals surface area (Å²) in [6, 6.07) is 5.53. The predicted octanol–water partition coefficient (Wildman–Crippen LogP) is 3.56. The van der Waals surface area contributed by atoms with Gasteiger partial charge in [-0.3, -0.25) is 4.79 Å². The number of amides is 1. The second kappa shape index (κ2) is 5.87. The Kier molecular flexibility index (Phi) is 3.85. The molecule has 1 amide bonds. The molecule has 0 bridgehead atoms. The Hall–Kier alpha value is -1.46. The third-order valence-electron chi connectivity index (χ3n) is 5.04. The van der Waals surface area contributed by atoms with E-state index in [1.165, 1.54) is 49.3 Å². The number of carbonyl (C=O) groups excluding carboxylic acids is 1. The molecule has 122 valence electrons. The number of thiophene rings is 1. The van der Waals surface area contributed by atoms with Crippen molar-refractivity contribution in [2.45, 2.75) is 32.2 Å². The molecule has 1 aliphatic carbocycles. The van der Waals surface area contributed by atoms with Crippen molar-refractivity contribution in [2.75, 3.05) is 19.6 Å². The summed E-state index contributed by atoms with van der Waals surface area (Å²) in [5.74, 6) is 0.289. The maximum Gasteiger partial charge on any atom is 0.261 e. The van der Waals surface area contributed by atoms with Crippen molar-refractivity contribution in [1.82, 2.24) is 10.2 Å². The lowest BCUT2D eigenvalue weighted by Gasteiger charge is -2.15. The SMILES string of the molecule is Cc1c(C(=O)NCC2CCN(C3CC3)C2)sc2ccc(F)cc12. The van der Waals surface area contributed by atoms with Gasteiger partial charge in [-0.05, 0) is 67.8 Å². The van der Waals surface area contributed by atoms with Gasteiger partial charge in [-0.2, -0.15) is 0 Å². The van der Waals surface area contributed by atoms with Crippen LogP contribution in [0.15, 0.2) is 18.2 Å². The van der Waals surface area contributed by atoms with Gasteiger partial charge in [0.25, 0.3) is 5.91 Å². The quantitative estimate of drug-likeness (QED) is 0.928. The molecule has 4 rings (SSSR count). The lowest BCUT2D eigenvalue weighted by molar-refractivity contribution is 0.0951. The zero-order valence-electron chi connectivity index (χ0n) is 13.3. The third kappa shape index (κ3) is 3.00. The lowest BCUT2D eigenvalue weighted by atomic mass is 10.1. The molecule has 5 heteroatoms. The van der Waals surface area contributed by atoms with Gasteiger partial charge in [0, 0.05) is 23.8 Å². The lowest BCUT2D eigenvalue weighted by Crippen LogP contribution is -2.31. The van der Waals surface area contributed by atoms with Gasteiger partial charge in [0.15, 0.2) is 0 Å². The zero-order valence-corrected chi connectivity index (χ0v) is 14.1. The molecule has 1 aromatic carbocycles. The van der Waals surface area contributed by atoms with E-state index in [1.807, 2.05) is 6.92 Å². The van der Waals surface area contributed by atoms with E-state index in [0.29, 0.717) is 10.8 Å². The van der Waals surface area contributed by atoms with Crippen LogP contribution in [0.3, 0.4) is 0 Å². The largest absolute Gasteiger partial charge is 0.351 e. The first-order valence-corrected chi connectivity index (χ1v) is 9.14. The van der Waals surface area contributed by atoms with Crippen molar-refractivity contribution < 1.29 is 9.18 Å². The molecule has 0 spiro atoms. The van der Waals surface area contributed by atoms with Crippen LogP contribution < -0.4 is 5.32 Å². The minimum atomic E-state index is -0.253. The number of carbonyl (C=O) groups is 1. The van der Waals surface area contributed by atoms with Gasteiger partial charge in [-0.15, -0.1) is 11.3 Å². The molecule has 2 heterocycles. The standard InChI is InChI=1S/C18H21FN2OS/c1-11-15-8-13(19)2-5-16(15)23-17(11)18(22)20-9-12-6-7-21(10-12)14-3-4-14/h2,5,8,12,14H,3-4,6-7,9-10H2,1H3,(H,20,22). The van der Waals surface area contributed by atoms with Crippen LogP contribution in [0.1, 0.15) is 34.5 Å². The number of hydrogen-bond donors (Lipinski definition) is 1. The van der Waals surface area contributed by atoms with Crippen molar-refractivity contribution in [2.24, 2.45) is 5.92 Å². The highest BCUT2D eigenvalue weighted by molar-refractivity contribution is 7.21. The first-order chi connectivity index (χ1) is 11.1. The Morgan fingerprint density at radius 3 is 3.00 bits per heavy atom. The number of halogens is 1. The van der Waals surface area contributed by atoms with Crippen LogP contribution in [0, 0.1) is 18.7 Å². The molecule has 2 fully saturated rings. The number of rotatable bonds is 4. The summed E-state index contributed by atoms with van der Waals surface area (Å²) in [6.45, 7) is 4.93. The van der Waals surface area contributed by atoms with Gasteiger partial charge >= 0.3 is 0 Å². The van der Waals surface area contributed by atoms with E-state index >= 15 is 0 Å². The summed E-state index contributed by atoms with van der Waals surface area (Å²) in [4.78, 5) is 15.8. The van der Waals surface area contributed by atoms with Crippen LogP contribution in [0.4, 0.5) is 4.39 Å². The van der Waals surface area contributed by atoms with E-state index in [-0.39, 0.29) is 11.7 Å². The van der Waals surface area contributed by atoms with Crippen molar-refractivity contribution in [3.63, 3.8) is 0 Å². The van der Waals surface area contributed by atoms with E-state index in [9.17, 15) is 9.18 Å². The van der Waals surface area contributed by atoms with Gasteiger partial charge in [0.1, 0.15) is 5.82 Å². The summed E-state index contributed by atoms with van der Waals surface area (Å²) in [5.41, 5.74) is 0.882. The van der Waals surface area contributed by atoms with Crippen LogP contribution >= 0.6 is 11.3 Å². The molecule has 1 aromatic heterocycles. The molecule has 1 saturated heterocycles. The minimum Gasteiger partial charge on any atom is -0.351 e. The van der Waals surface area contributed by atoms with Gasteiger partial charge in [0.2, 0.25) is 0 Å². The highest BCUT2D eigenvalue weighted by atomic mass is 32.1. The monoisotopic (exact) mass is 332 g/mol. The Morgan fingerprint density at radius 1 is 1.39 bits per heavy atom. The molecule has 3 nitrogen and oxygen atoms in total. The molecule has 1 atom stereocenters. The van der Waals surface area contributed by atoms with Crippen molar-refractivity contribution in [3.05, 3.63) is 34.5 Å². The third-order valence-corrected chi connectivity index (χ3v) is 6.31. The number of fused-ring (bicyclic) bond motifs is 1. The number of likely N-dealkylation sites (tertiary alicyclic amines) is 1. The number of nitrogens with zero attached hydrogens (tertiary/aromatic N) is 1. The van der Waals surface area contributed by atoms with Crippen LogP contribution in [-0.4, -0.2) is 36.5 Å². The first-order valence-electron chi connectivity index (χ1n) is 8.32. The van der Waals surface area contributed by atoms with Gasteiger partial charge in [-0.1, -0.05) is 0 Å². The molecule has 2 aliphatic rings. The normalized spacial score (nSPS) is 21.9. The maximum absolute atomic E-state index is 13.4. The van der Waals surface area contributed by atoms with Crippen LogP contribution in [0.25, 0.3) is 10.1 Å². The Morgan fingerprint density at radius 2 is 2.22 bits per heavy atom. The fourth-order valence-electron chi connectivity index (χ4n) is 3.53. The molecule has 23 heavy (non-hydrogen) atoms. The highest BCUT2D eigenvalue weighted by Crippen LogP contribution is 2.32. The topological polar surface area (TPSA) is 32.3 Å². The average Bonchev–Trinajstić information content (AvgIpc) is 3.20.